The topological polar surface area (TPSA) is 50.3 Å². The van der Waals surface area contributed by atoms with E-state index in [0.29, 0.717) is 11.0 Å². The number of fused-ring (bicyclic) bond motifs is 1. The van der Waals surface area contributed by atoms with Crippen molar-refractivity contribution in [1.29, 1.82) is 0 Å². The third kappa shape index (κ3) is 3.31. The summed E-state index contributed by atoms with van der Waals surface area (Å²) in [4.78, 5) is 9.28. The van der Waals surface area contributed by atoms with E-state index in [1.165, 1.54) is 0 Å². The van der Waals surface area contributed by atoms with E-state index in [9.17, 15) is 0 Å². The van der Waals surface area contributed by atoms with Crippen LogP contribution in [-0.2, 0) is 6.54 Å². The molecule has 1 fully saturated rings. The van der Waals surface area contributed by atoms with Gasteiger partial charge in [-0.2, -0.15) is 0 Å². The first-order chi connectivity index (χ1) is 10.1. The first-order valence-electron chi connectivity index (χ1n) is 7.45. The number of aryl methyl sites for hydroxylation is 1. The van der Waals surface area contributed by atoms with Gasteiger partial charge < -0.3 is 20.1 Å². The van der Waals surface area contributed by atoms with Gasteiger partial charge in [-0.05, 0) is 38.2 Å². The Balaban J connectivity index is 1.61. The largest absolute Gasteiger partial charge is 0.369 e. The van der Waals surface area contributed by atoms with Gasteiger partial charge in [0, 0.05) is 37.7 Å². The molecule has 1 aliphatic heterocycles. The first-order valence-corrected chi connectivity index (χ1v) is 7.83. The molecule has 2 aromatic rings. The Kier molecular flexibility index (Phi) is 4.33. The van der Waals surface area contributed by atoms with Crippen molar-refractivity contribution in [3.63, 3.8) is 0 Å². The summed E-state index contributed by atoms with van der Waals surface area (Å²) in [5.74, 6) is 0.575. The van der Waals surface area contributed by atoms with Crippen molar-refractivity contribution in [3.05, 3.63) is 23.2 Å². The highest BCUT2D eigenvalue weighted by molar-refractivity contribution is 6.31. The third-order valence-electron chi connectivity index (χ3n) is 4.19. The molecule has 5 nitrogen and oxygen atoms in total. The lowest BCUT2D eigenvalue weighted by atomic mass is 10.3. The van der Waals surface area contributed by atoms with Gasteiger partial charge >= 0.3 is 0 Å². The maximum Gasteiger partial charge on any atom is 0.201 e. The number of aromatic nitrogens is 2. The summed E-state index contributed by atoms with van der Waals surface area (Å²) in [6.45, 7) is 6.65. The fraction of sp³-hybridized carbons (Fsp3) is 0.533. The van der Waals surface area contributed by atoms with E-state index in [0.717, 1.165) is 56.7 Å². The second kappa shape index (κ2) is 6.22. The summed E-state index contributed by atoms with van der Waals surface area (Å²) in [6.07, 6.45) is 1.09. The SMILES string of the molecule is CN1CCN(CCCn2c(N)nc3cc(Cl)ccc32)CC1. The molecular formula is C15H22ClN5. The van der Waals surface area contributed by atoms with Crippen LogP contribution in [0.25, 0.3) is 11.0 Å². The summed E-state index contributed by atoms with van der Waals surface area (Å²) in [5.41, 5.74) is 7.97. The Morgan fingerprint density at radius 1 is 1.19 bits per heavy atom. The van der Waals surface area contributed by atoms with Gasteiger partial charge in [0.1, 0.15) is 0 Å². The fourth-order valence-electron chi connectivity index (χ4n) is 2.88. The van der Waals surface area contributed by atoms with Crippen LogP contribution in [0.3, 0.4) is 0 Å². The molecule has 21 heavy (non-hydrogen) atoms. The molecular weight excluding hydrogens is 286 g/mol. The highest BCUT2D eigenvalue weighted by Gasteiger charge is 2.14. The number of halogens is 1. The monoisotopic (exact) mass is 307 g/mol. The minimum Gasteiger partial charge on any atom is -0.369 e. The molecule has 6 heteroatoms. The van der Waals surface area contributed by atoms with Gasteiger partial charge in [-0.1, -0.05) is 11.6 Å². The van der Waals surface area contributed by atoms with Crippen LogP contribution in [0.1, 0.15) is 6.42 Å². The highest BCUT2D eigenvalue weighted by atomic mass is 35.5. The van der Waals surface area contributed by atoms with Gasteiger partial charge in [0.25, 0.3) is 0 Å². The number of nitrogens with zero attached hydrogens (tertiary/aromatic N) is 4. The number of rotatable bonds is 4. The minimum atomic E-state index is 0.575. The van der Waals surface area contributed by atoms with E-state index in [-0.39, 0.29) is 0 Å². The fourth-order valence-corrected chi connectivity index (χ4v) is 3.05. The number of nitrogen functional groups attached to an aromatic ring is 1. The van der Waals surface area contributed by atoms with Crippen LogP contribution < -0.4 is 5.73 Å². The van der Waals surface area contributed by atoms with Gasteiger partial charge in [0.05, 0.1) is 11.0 Å². The van der Waals surface area contributed by atoms with Crippen LogP contribution in [0, 0.1) is 0 Å². The second-order valence-corrected chi connectivity index (χ2v) is 6.19. The summed E-state index contributed by atoms with van der Waals surface area (Å²) in [7, 11) is 2.18. The smallest absolute Gasteiger partial charge is 0.201 e. The molecule has 1 aromatic heterocycles. The predicted molar refractivity (Wildman–Crippen MR) is 87.7 cm³/mol. The number of imidazole rings is 1. The van der Waals surface area contributed by atoms with Crippen molar-refractivity contribution >= 4 is 28.6 Å². The average molecular weight is 308 g/mol. The summed E-state index contributed by atoms with van der Waals surface area (Å²) in [5, 5.41) is 0.699. The van der Waals surface area contributed by atoms with Crippen molar-refractivity contribution in [2.75, 3.05) is 45.5 Å². The van der Waals surface area contributed by atoms with E-state index in [1.54, 1.807) is 0 Å². The van der Waals surface area contributed by atoms with Crippen LogP contribution in [0.15, 0.2) is 18.2 Å². The van der Waals surface area contributed by atoms with Gasteiger partial charge in [-0.15, -0.1) is 0 Å². The average Bonchev–Trinajstić information content (AvgIpc) is 2.76. The van der Waals surface area contributed by atoms with Crippen LogP contribution >= 0.6 is 11.6 Å². The molecule has 0 bridgehead atoms. The number of hydrogen-bond donors (Lipinski definition) is 1. The van der Waals surface area contributed by atoms with E-state index in [2.05, 4.69) is 26.4 Å². The van der Waals surface area contributed by atoms with Crippen molar-refractivity contribution < 1.29 is 0 Å². The Morgan fingerprint density at radius 3 is 2.71 bits per heavy atom. The predicted octanol–water partition coefficient (Wildman–Crippen LogP) is 1.91. The molecule has 0 unspecified atom stereocenters. The summed E-state index contributed by atoms with van der Waals surface area (Å²) in [6, 6.07) is 5.75. The Labute approximate surface area is 130 Å². The maximum atomic E-state index is 6.03. The minimum absolute atomic E-state index is 0.575. The van der Waals surface area contributed by atoms with Crippen molar-refractivity contribution in [1.82, 2.24) is 19.4 Å². The molecule has 0 amide bonds. The van der Waals surface area contributed by atoms with E-state index in [4.69, 9.17) is 17.3 Å². The zero-order chi connectivity index (χ0) is 14.8. The lowest BCUT2D eigenvalue weighted by molar-refractivity contribution is 0.151. The molecule has 1 aliphatic rings. The molecule has 1 aromatic carbocycles. The molecule has 3 rings (SSSR count). The number of piperazine rings is 1. The van der Waals surface area contributed by atoms with Crippen LogP contribution in [0.5, 0.6) is 0 Å². The number of benzene rings is 1. The van der Waals surface area contributed by atoms with Crippen LogP contribution in [-0.4, -0.2) is 59.1 Å². The number of nitrogens with two attached hydrogens (primary N) is 1. The second-order valence-electron chi connectivity index (χ2n) is 5.75. The molecule has 0 radical (unpaired) electrons. The number of anilines is 1. The Bertz CT molecular complexity index is 616. The first kappa shape index (κ1) is 14.6. The van der Waals surface area contributed by atoms with Crippen molar-refractivity contribution in [2.45, 2.75) is 13.0 Å². The normalized spacial score (nSPS) is 17.6. The molecule has 2 heterocycles. The number of hydrogen-bond acceptors (Lipinski definition) is 4. The maximum absolute atomic E-state index is 6.03. The summed E-state index contributed by atoms with van der Waals surface area (Å²) >= 11 is 6.00. The molecule has 0 aliphatic carbocycles. The molecule has 2 N–H and O–H groups in total. The molecule has 1 saturated heterocycles. The Morgan fingerprint density at radius 2 is 1.95 bits per heavy atom. The van der Waals surface area contributed by atoms with Gasteiger partial charge in [-0.3, -0.25) is 0 Å². The van der Waals surface area contributed by atoms with Crippen molar-refractivity contribution in [2.24, 2.45) is 0 Å². The highest BCUT2D eigenvalue weighted by Crippen LogP contribution is 2.22. The van der Waals surface area contributed by atoms with Gasteiger partial charge in [-0.25, -0.2) is 4.98 Å². The molecule has 0 saturated carbocycles. The Hall–Kier alpha value is -1.30. The zero-order valence-corrected chi connectivity index (χ0v) is 13.2. The van der Waals surface area contributed by atoms with Gasteiger partial charge in [0.2, 0.25) is 5.95 Å². The third-order valence-corrected chi connectivity index (χ3v) is 4.43. The zero-order valence-electron chi connectivity index (χ0n) is 12.4. The van der Waals surface area contributed by atoms with E-state index >= 15 is 0 Å². The lowest BCUT2D eigenvalue weighted by Crippen LogP contribution is -2.44. The standard InChI is InChI=1S/C15H22ClN5/c1-19-7-9-20(10-8-19)5-2-6-21-14-4-3-12(16)11-13(14)18-15(21)17/h3-4,11H,2,5-10H2,1H3,(H2,17,18). The molecule has 0 spiro atoms. The summed E-state index contributed by atoms with van der Waals surface area (Å²) < 4.78 is 2.09. The van der Waals surface area contributed by atoms with E-state index in [1.807, 2.05) is 18.2 Å². The molecule has 0 atom stereocenters. The van der Waals surface area contributed by atoms with E-state index < -0.39 is 0 Å². The molecule has 114 valence electrons. The quantitative estimate of drug-likeness (QED) is 0.937. The van der Waals surface area contributed by atoms with Crippen LogP contribution in [0.4, 0.5) is 5.95 Å². The van der Waals surface area contributed by atoms with Gasteiger partial charge in [0.15, 0.2) is 0 Å². The van der Waals surface area contributed by atoms with Crippen molar-refractivity contribution in [3.8, 4) is 0 Å². The van der Waals surface area contributed by atoms with Crippen LogP contribution in [0.2, 0.25) is 5.02 Å². The number of likely N-dealkylation sites (N-methyl/N-ethyl adjacent to an activating group) is 1. The lowest BCUT2D eigenvalue weighted by Gasteiger charge is -2.32.